The molecule has 1 aliphatic rings. The number of sulfonamides is 1. The fraction of sp³-hybridized carbons (Fsp3) is 0.208. The average molecular weight is 843 g/mol. The Kier molecular flexibility index (Phi) is 13.9. The Labute approximate surface area is 354 Å². The van der Waals surface area contributed by atoms with Crippen molar-refractivity contribution in [3.8, 4) is 11.1 Å². The Morgan fingerprint density at radius 3 is 2.12 bits per heavy atom. The van der Waals surface area contributed by atoms with Crippen molar-refractivity contribution in [1.29, 1.82) is 0 Å². The molecule has 0 bridgehead atoms. The van der Waals surface area contributed by atoms with E-state index >= 15 is 0 Å². The van der Waals surface area contributed by atoms with Gasteiger partial charge in [0.05, 0.1) is 29.3 Å². The largest absolute Gasteiger partial charge is 0.478 e. The van der Waals surface area contributed by atoms with Crippen LogP contribution >= 0.6 is 11.8 Å². The molecule has 0 saturated carbocycles. The number of aryl methyl sites for hydroxylation is 1. The number of carboxylic acid groups (broad SMARTS) is 1. The molecule has 6 aromatic rings. The molecule has 1 fully saturated rings. The number of thioether (sulfide) groups is 1. The van der Waals surface area contributed by atoms with Crippen molar-refractivity contribution in [2.24, 2.45) is 0 Å². The Balaban J connectivity index is 1.03. The zero-order chi connectivity index (χ0) is 42.1. The Morgan fingerprint density at radius 2 is 1.43 bits per heavy atom. The molecule has 0 spiro atoms. The summed E-state index contributed by atoms with van der Waals surface area (Å²) in [6.45, 7) is 2.02. The predicted octanol–water partition coefficient (Wildman–Crippen LogP) is 8.40. The van der Waals surface area contributed by atoms with E-state index in [1.54, 1.807) is 48.2 Å². The molecular formula is C48H46N2O8S2. The van der Waals surface area contributed by atoms with Gasteiger partial charge in [0.2, 0.25) is 15.9 Å². The molecule has 0 aromatic heterocycles. The third-order valence-corrected chi connectivity index (χ3v) is 12.9. The standard InChI is InChI=1S/C48H46N2O8S2/c1-32-10-24-43(25-11-32)60(55,56)50-44(27-33-6-3-2-4-7-33)46(52)49-29-35-8-5-9-40(26-35)36-16-18-39(19-17-36)48-57-41(31-59-42-22-20-38(21-23-42)47(53)54)28-45(58-48)37-14-12-34(30-51)13-15-37/h2-26,41,44-45,48,50-51H,27-31H2,1H3,(H,49,52)(H,53,54)/t41-,44-,45+,48+/m1/s1. The van der Waals surface area contributed by atoms with Gasteiger partial charge in [0.25, 0.3) is 0 Å². The van der Waals surface area contributed by atoms with Crippen LogP contribution in [0.3, 0.4) is 0 Å². The molecule has 6 aromatic carbocycles. The number of aliphatic hydroxyl groups is 1. The van der Waals surface area contributed by atoms with Crippen LogP contribution in [0.4, 0.5) is 0 Å². The van der Waals surface area contributed by atoms with E-state index in [1.807, 2.05) is 110 Å². The lowest BCUT2D eigenvalue weighted by atomic mass is 9.99. The van der Waals surface area contributed by atoms with Gasteiger partial charge in [0.15, 0.2) is 6.29 Å². The SMILES string of the molecule is Cc1ccc(S(=O)(=O)N[C@H](Cc2ccccc2)C(=O)NCc2cccc(-c3ccc([C@H]4O[C@@H](CSc5ccc(C(=O)O)cc5)C[C@@H](c5ccc(CO)cc5)O4)cc3)c2)cc1. The normalized spacial score (nSPS) is 17.1. The number of carbonyl (C=O) groups is 2. The molecule has 308 valence electrons. The van der Waals surface area contributed by atoms with Crippen LogP contribution < -0.4 is 10.0 Å². The van der Waals surface area contributed by atoms with E-state index in [1.165, 1.54) is 12.1 Å². The van der Waals surface area contributed by atoms with Crippen molar-refractivity contribution in [2.45, 2.75) is 67.2 Å². The molecule has 0 radical (unpaired) electrons. The van der Waals surface area contributed by atoms with Crippen molar-refractivity contribution >= 4 is 33.7 Å². The number of rotatable bonds is 16. The molecule has 10 nitrogen and oxygen atoms in total. The molecule has 1 aliphatic heterocycles. The molecule has 0 aliphatic carbocycles. The highest BCUT2D eigenvalue weighted by Gasteiger charge is 2.32. The molecule has 1 saturated heterocycles. The minimum absolute atomic E-state index is 0.0462. The first kappa shape index (κ1) is 42.5. The maximum atomic E-state index is 13.6. The van der Waals surface area contributed by atoms with Crippen LogP contribution in [-0.4, -0.2) is 48.4 Å². The van der Waals surface area contributed by atoms with Crippen LogP contribution in [0.15, 0.2) is 161 Å². The molecule has 1 heterocycles. The number of amides is 1. The Bertz CT molecular complexity index is 2480. The molecule has 1 amide bonds. The van der Waals surface area contributed by atoms with Crippen LogP contribution in [-0.2, 0) is 43.9 Å². The van der Waals surface area contributed by atoms with Gasteiger partial charge in [0, 0.05) is 29.2 Å². The first-order valence-corrected chi connectivity index (χ1v) is 22.1. The fourth-order valence-corrected chi connectivity index (χ4v) is 9.04. The average Bonchev–Trinajstić information content (AvgIpc) is 3.28. The quantitative estimate of drug-likeness (QED) is 0.0705. The first-order chi connectivity index (χ1) is 29.0. The highest BCUT2D eigenvalue weighted by atomic mass is 32.2. The summed E-state index contributed by atoms with van der Waals surface area (Å²) in [6.07, 6.45) is -0.288. The monoisotopic (exact) mass is 842 g/mol. The molecular weight excluding hydrogens is 797 g/mol. The number of hydrogen-bond donors (Lipinski definition) is 4. The number of ether oxygens (including phenoxy) is 2. The highest BCUT2D eigenvalue weighted by molar-refractivity contribution is 7.99. The van der Waals surface area contributed by atoms with Gasteiger partial charge < -0.3 is 25.0 Å². The highest BCUT2D eigenvalue weighted by Crippen LogP contribution is 2.40. The number of benzene rings is 6. The Hall–Kier alpha value is -5.60. The summed E-state index contributed by atoms with van der Waals surface area (Å²) in [5.41, 5.74) is 7.36. The number of aliphatic hydroxyl groups excluding tert-OH is 1. The zero-order valence-electron chi connectivity index (χ0n) is 32.9. The lowest BCUT2D eigenvalue weighted by Crippen LogP contribution is -2.47. The molecule has 7 rings (SSSR count). The van der Waals surface area contributed by atoms with Gasteiger partial charge in [-0.3, -0.25) is 4.79 Å². The van der Waals surface area contributed by atoms with E-state index in [0.29, 0.717) is 12.2 Å². The van der Waals surface area contributed by atoms with E-state index in [2.05, 4.69) is 10.0 Å². The summed E-state index contributed by atoms with van der Waals surface area (Å²) in [7, 11) is -3.97. The van der Waals surface area contributed by atoms with Gasteiger partial charge in [-0.05, 0) is 89.2 Å². The second-order valence-electron chi connectivity index (χ2n) is 14.7. The summed E-state index contributed by atoms with van der Waals surface area (Å²) in [4.78, 5) is 26.0. The predicted molar refractivity (Wildman–Crippen MR) is 232 cm³/mol. The summed E-state index contributed by atoms with van der Waals surface area (Å²) in [5.74, 6) is -0.774. The van der Waals surface area contributed by atoms with E-state index in [9.17, 15) is 28.2 Å². The lowest BCUT2D eigenvalue weighted by Gasteiger charge is -2.36. The van der Waals surface area contributed by atoms with Crippen LogP contribution in [0, 0.1) is 6.92 Å². The summed E-state index contributed by atoms with van der Waals surface area (Å²) >= 11 is 1.59. The minimum atomic E-state index is -3.97. The maximum absolute atomic E-state index is 13.6. The van der Waals surface area contributed by atoms with E-state index < -0.39 is 34.2 Å². The zero-order valence-corrected chi connectivity index (χ0v) is 34.6. The second kappa shape index (κ2) is 19.6. The van der Waals surface area contributed by atoms with Crippen LogP contribution in [0.25, 0.3) is 11.1 Å². The second-order valence-corrected chi connectivity index (χ2v) is 17.5. The third-order valence-electron chi connectivity index (χ3n) is 10.3. The first-order valence-electron chi connectivity index (χ1n) is 19.6. The lowest BCUT2D eigenvalue weighted by molar-refractivity contribution is -0.245. The van der Waals surface area contributed by atoms with Crippen LogP contribution in [0.1, 0.15) is 62.6 Å². The number of hydrogen-bond acceptors (Lipinski definition) is 8. The van der Waals surface area contributed by atoms with Crippen molar-refractivity contribution < 1.29 is 37.7 Å². The molecule has 4 atom stereocenters. The van der Waals surface area contributed by atoms with Gasteiger partial charge >= 0.3 is 5.97 Å². The molecule has 12 heteroatoms. The third kappa shape index (κ3) is 11.2. The van der Waals surface area contributed by atoms with Crippen molar-refractivity contribution in [3.05, 3.63) is 191 Å². The topological polar surface area (TPSA) is 151 Å². The summed E-state index contributed by atoms with van der Waals surface area (Å²) < 4.78 is 42.4. The van der Waals surface area contributed by atoms with Gasteiger partial charge in [-0.25, -0.2) is 13.2 Å². The number of carboxylic acids is 1. The summed E-state index contributed by atoms with van der Waals surface area (Å²) in [5, 5.41) is 21.8. The van der Waals surface area contributed by atoms with E-state index in [-0.39, 0.29) is 42.2 Å². The van der Waals surface area contributed by atoms with Crippen LogP contribution in [0.2, 0.25) is 0 Å². The van der Waals surface area contributed by atoms with Crippen molar-refractivity contribution in [3.63, 3.8) is 0 Å². The van der Waals surface area contributed by atoms with Crippen LogP contribution in [0.5, 0.6) is 0 Å². The van der Waals surface area contributed by atoms with E-state index in [0.717, 1.165) is 49.4 Å². The molecule has 4 N–H and O–H groups in total. The van der Waals surface area contributed by atoms with Crippen molar-refractivity contribution in [1.82, 2.24) is 10.0 Å². The van der Waals surface area contributed by atoms with Crippen molar-refractivity contribution in [2.75, 3.05) is 5.75 Å². The summed E-state index contributed by atoms with van der Waals surface area (Å²) in [6, 6.07) is 45.1. The Morgan fingerprint density at radius 1 is 0.750 bits per heavy atom. The number of aromatic carboxylic acids is 1. The minimum Gasteiger partial charge on any atom is -0.478 e. The van der Waals surface area contributed by atoms with Gasteiger partial charge in [-0.2, -0.15) is 4.72 Å². The van der Waals surface area contributed by atoms with Gasteiger partial charge in [-0.15, -0.1) is 11.8 Å². The molecule has 0 unspecified atom stereocenters. The van der Waals surface area contributed by atoms with E-state index in [4.69, 9.17) is 9.47 Å². The van der Waals surface area contributed by atoms with Gasteiger partial charge in [-0.1, -0.05) is 115 Å². The van der Waals surface area contributed by atoms with Gasteiger partial charge in [0.1, 0.15) is 6.04 Å². The fourth-order valence-electron chi connectivity index (χ4n) is 6.92. The maximum Gasteiger partial charge on any atom is 0.335 e. The number of nitrogens with one attached hydrogen (secondary N) is 2. The molecule has 60 heavy (non-hydrogen) atoms. The number of carbonyl (C=O) groups excluding carboxylic acids is 1. The smallest absolute Gasteiger partial charge is 0.335 e.